The molecule has 1 aliphatic rings. The largest absolute Gasteiger partial charge is 0.333 e. The molecule has 5 heteroatoms. The number of hydrazine groups is 1. The molecular formula is C18H19N3O2. The summed E-state index contributed by atoms with van der Waals surface area (Å²) in [7, 11) is 0. The molecule has 3 amide bonds. The average molecular weight is 309 g/mol. The molecule has 0 aromatic heterocycles. The summed E-state index contributed by atoms with van der Waals surface area (Å²) in [5.74, 6) is 0.122. The second-order valence-electron chi connectivity index (χ2n) is 5.64. The van der Waals surface area contributed by atoms with E-state index in [0.717, 1.165) is 18.4 Å². The highest BCUT2D eigenvalue weighted by molar-refractivity contribution is 5.95. The number of amides is 3. The Morgan fingerprint density at radius 2 is 1.48 bits per heavy atom. The molecule has 1 unspecified atom stereocenters. The summed E-state index contributed by atoms with van der Waals surface area (Å²) in [6.45, 7) is 0. The van der Waals surface area contributed by atoms with Gasteiger partial charge in [0, 0.05) is 5.56 Å². The molecule has 1 fully saturated rings. The molecule has 3 rings (SSSR count). The van der Waals surface area contributed by atoms with Crippen LogP contribution in [0.3, 0.4) is 0 Å². The van der Waals surface area contributed by atoms with Crippen molar-refractivity contribution in [3.05, 3.63) is 71.8 Å². The maximum absolute atomic E-state index is 12.1. The van der Waals surface area contributed by atoms with Gasteiger partial charge in [0.1, 0.15) is 0 Å². The average Bonchev–Trinajstić information content (AvgIpc) is 3.44. The normalized spacial score (nSPS) is 14.6. The minimum atomic E-state index is -0.407. The summed E-state index contributed by atoms with van der Waals surface area (Å²) >= 11 is 0. The lowest BCUT2D eigenvalue weighted by atomic mass is 10.0. The lowest BCUT2D eigenvalue weighted by Crippen LogP contribution is -2.48. The standard InChI is InChI=1S/C18H19N3O2/c22-17(15-9-5-2-6-10-15)20-21-18(23)19-16(14-11-12-14)13-7-3-1-4-8-13/h1-10,14,16H,11-12H2,(H,20,22)(H2,19,21,23). The smallest absolute Gasteiger partial charge is 0.330 e. The van der Waals surface area contributed by atoms with Crippen molar-refractivity contribution in [1.82, 2.24) is 16.2 Å². The Morgan fingerprint density at radius 3 is 2.09 bits per heavy atom. The highest BCUT2D eigenvalue weighted by Gasteiger charge is 2.33. The van der Waals surface area contributed by atoms with Crippen molar-refractivity contribution in [3.63, 3.8) is 0 Å². The van der Waals surface area contributed by atoms with Gasteiger partial charge in [0.2, 0.25) is 0 Å². The van der Waals surface area contributed by atoms with Gasteiger partial charge in [-0.2, -0.15) is 0 Å². The number of hydrogen-bond donors (Lipinski definition) is 3. The van der Waals surface area contributed by atoms with Crippen LogP contribution in [0.5, 0.6) is 0 Å². The third-order valence-corrected chi connectivity index (χ3v) is 3.86. The second-order valence-corrected chi connectivity index (χ2v) is 5.64. The van der Waals surface area contributed by atoms with Crippen LogP contribution in [-0.2, 0) is 0 Å². The van der Waals surface area contributed by atoms with Gasteiger partial charge in [-0.05, 0) is 36.5 Å². The SMILES string of the molecule is O=C(NNC(=O)c1ccccc1)NC(c1ccccc1)C1CC1. The van der Waals surface area contributed by atoms with Crippen molar-refractivity contribution in [2.45, 2.75) is 18.9 Å². The quantitative estimate of drug-likeness (QED) is 0.760. The van der Waals surface area contributed by atoms with Crippen molar-refractivity contribution in [2.75, 3.05) is 0 Å². The van der Waals surface area contributed by atoms with E-state index < -0.39 is 6.03 Å². The molecule has 0 spiro atoms. The monoisotopic (exact) mass is 309 g/mol. The van der Waals surface area contributed by atoms with Crippen molar-refractivity contribution in [2.24, 2.45) is 5.92 Å². The zero-order valence-corrected chi connectivity index (χ0v) is 12.7. The third-order valence-electron chi connectivity index (χ3n) is 3.86. The Bertz CT molecular complexity index is 669. The first-order valence-corrected chi connectivity index (χ1v) is 7.71. The maximum atomic E-state index is 12.1. The number of urea groups is 1. The van der Waals surface area contributed by atoms with Gasteiger partial charge < -0.3 is 5.32 Å². The molecule has 3 N–H and O–H groups in total. The van der Waals surface area contributed by atoms with Crippen LogP contribution < -0.4 is 16.2 Å². The van der Waals surface area contributed by atoms with Gasteiger partial charge in [0.15, 0.2) is 0 Å². The van der Waals surface area contributed by atoms with Gasteiger partial charge >= 0.3 is 6.03 Å². The van der Waals surface area contributed by atoms with Crippen molar-refractivity contribution in [3.8, 4) is 0 Å². The van der Waals surface area contributed by atoms with E-state index in [1.54, 1.807) is 24.3 Å². The molecule has 1 saturated carbocycles. The summed E-state index contributed by atoms with van der Waals surface area (Å²) in [6.07, 6.45) is 2.21. The second kappa shape index (κ2) is 6.96. The van der Waals surface area contributed by atoms with Crippen LogP contribution in [0.15, 0.2) is 60.7 Å². The first-order chi connectivity index (χ1) is 11.2. The molecule has 1 aliphatic carbocycles. The van der Waals surface area contributed by atoms with Crippen LogP contribution in [0, 0.1) is 5.92 Å². The molecule has 0 saturated heterocycles. The lowest BCUT2D eigenvalue weighted by Gasteiger charge is -2.19. The molecule has 0 bridgehead atoms. The number of benzene rings is 2. The first-order valence-electron chi connectivity index (χ1n) is 7.71. The molecular weight excluding hydrogens is 290 g/mol. The summed E-state index contributed by atoms with van der Waals surface area (Å²) < 4.78 is 0. The number of carbonyl (C=O) groups is 2. The topological polar surface area (TPSA) is 70.2 Å². The number of hydrogen-bond acceptors (Lipinski definition) is 2. The van der Waals surface area contributed by atoms with Crippen molar-refractivity contribution >= 4 is 11.9 Å². The fraction of sp³-hybridized carbons (Fsp3) is 0.222. The van der Waals surface area contributed by atoms with E-state index in [1.807, 2.05) is 36.4 Å². The van der Waals surface area contributed by atoms with E-state index in [9.17, 15) is 9.59 Å². The van der Waals surface area contributed by atoms with E-state index >= 15 is 0 Å². The van der Waals surface area contributed by atoms with E-state index in [2.05, 4.69) is 16.2 Å². The Labute approximate surface area is 135 Å². The van der Waals surface area contributed by atoms with Crippen LogP contribution in [0.1, 0.15) is 34.8 Å². The van der Waals surface area contributed by atoms with Crippen LogP contribution >= 0.6 is 0 Å². The highest BCUT2D eigenvalue weighted by atomic mass is 16.2. The molecule has 0 aliphatic heterocycles. The predicted octanol–water partition coefficient (Wildman–Crippen LogP) is 2.78. The van der Waals surface area contributed by atoms with Gasteiger partial charge in [0.25, 0.3) is 5.91 Å². The molecule has 5 nitrogen and oxygen atoms in total. The van der Waals surface area contributed by atoms with Gasteiger partial charge in [-0.3, -0.25) is 10.2 Å². The molecule has 2 aromatic rings. The lowest BCUT2D eigenvalue weighted by molar-refractivity contribution is 0.0935. The van der Waals surface area contributed by atoms with E-state index in [0.29, 0.717) is 11.5 Å². The highest BCUT2D eigenvalue weighted by Crippen LogP contribution is 2.40. The van der Waals surface area contributed by atoms with Gasteiger partial charge in [-0.25, -0.2) is 10.2 Å². The predicted molar refractivity (Wildman–Crippen MR) is 87.5 cm³/mol. The first kappa shape index (κ1) is 15.1. The Morgan fingerprint density at radius 1 is 0.870 bits per heavy atom. The summed E-state index contributed by atoms with van der Waals surface area (Å²) in [6, 6.07) is 18.2. The third kappa shape index (κ3) is 4.10. The molecule has 0 radical (unpaired) electrons. The van der Waals surface area contributed by atoms with Crippen molar-refractivity contribution < 1.29 is 9.59 Å². The van der Waals surface area contributed by atoms with Crippen LogP contribution in [0.25, 0.3) is 0 Å². The number of carbonyl (C=O) groups excluding carboxylic acids is 2. The summed E-state index contributed by atoms with van der Waals surface area (Å²) in [4.78, 5) is 24.0. The van der Waals surface area contributed by atoms with Crippen LogP contribution in [-0.4, -0.2) is 11.9 Å². The Kier molecular flexibility index (Phi) is 4.57. The molecule has 23 heavy (non-hydrogen) atoms. The summed E-state index contributed by atoms with van der Waals surface area (Å²) in [5, 5.41) is 2.94. The fourth-order valence-corrected chi connectivity index (χ4v) is 2.52. The van der Waals surface area contributed by atoms with E-state index in [1.165, 1.54) is 0 Å². The van der Waals surface area contributed by atoms with Crippen LogP contribution in [0.2, 0.25) is 0 Å². The van der Waals surface area contributed by atoms with Crippen LogP contribution in [0.4, 0.5) is 4.79 Å². The molecule has 118 valence electrons. The minimum absolute atomic E-state index is 0.0233. The Hall–Kier alpha value is -2.82. The zero-order chi connectivity index (χ0) is 16.1. The number of nitrogens with one attached hydrogen (secondary N) is 3. The fourth-order valence-electron chi connectivity index (χ4n) is 2.52. The maximum Gasteiger partial charge on any atom is 0.333 e. The van der Waals surface area contributed by atoms with E-state index in [4.69, 9.17) is 0 Å². The van der Waals surface area contributed by atoms with Gasteiger partial charge in [0.05, 0.1) is 6.04 Å². The van der Waals surface area contributed by atoms with Gasteiger partial charge in [-0.1, -0.05) is 48.5 Å². The minimum Gasteiger partial charge on any atom is -0.330 e. The zero-order valence-electron chi connectivity index (χ0n) is 12.7. The Balaban J connectivity index is 1.55. The number of rotatable bonds is 4. The van der Waals surface area contributed by atoms with Gasteiger partial charge in [-0.15, -0.1) is 0 Å². The van der Waals surface area contributed by atoms with Crippen molar-refractivity contribution in [1.29, 1.82) is 0 Å². The van der Waals surface area contributed by atoms with E-state index in [-0.39, 0.29) is 11.9 Å². The molecule has 2 aromatic carbocycles. The summed E-state index contributed by atoms with van der Waals surface area (Å²) in [5.41, 5.74) is 6.41. The molecule has 0 heterocycles. The molecule has 1 atom stereocenters.